The maximum atomic E-state index is 5.25. The van der Waals surface area contributed by atoms with Crippen molar-refractivity contribution >= 4 is 59.9 Å². The van der Waals surface area contributed by atoms with E-state index in [0.717, 1.165) is 33.7 Å². The van der Waals surface area contributed by atoms with Crippen molar-refractivity contribution < 1.29 is 0 Å². The van der Waals surface area contributed by atoms with E-state index in [1.54, 1.807) is 0 Å². The number of pyridine rings is 1. The summed E-state index contributed by atoms with van der Waals surface area (Å²) >= 11 is 0. The minimum atomic E-state index is 0.704. The Morgan fingerprint density at radius 1 is 0.391 bits per heavy atom. The molecule has 0 aliphatic carbocycles. The van der Waals surface area contributed by atoms with Crippen LogP contribution in [-0.2, 0) is 0 Å². The van der Waals surface area contributed by atoms with Crippen molar-refractivity contribution in [2.24, 2.45) is 0 Å². The van der Waals surface area contributed by atoms with Crippen LogP contribution in [0.2, 0.25) is 0 Å². The Kier molecular flexibility index (Phi) is 5.25. The molecular formula is C42H26N4. The first kappa shape index (κ1) is 25.1. The molecule has 4 heterocycles. The van der Waals surface area contributed by atoms with Gasteiger partial charge in [-0.3, -0.25) is 4.57 Å². The van der Waals surface area contributed by atoms with Crippen LogP contribution in [0.5, 0.6) is 0 Å². The van der Waals surface area contributed by atoms with Crippen LogP contribution in [0.15, 0.2) is 158 Å². The molecule has 0 radical (unpaired) electrons. The van der Waals surface area contributed by atoms with E-state index in [1.807, 2.05) is 24.3 Å². The Hall–Kier alpha value is -6.26. The molecule has 0 amide bonds. The second-order valence-corrected chi connectivity index (χ2v) is 11.8. The number of rotatable bonds is 3. The molecule has 4 aromatic heterocycles. The smallest absolute Gasteiger partial charge is 0.162 e. The minimum Gasteiger partial charge on any atom is -0.309 e. The van der Waals surface area contributed by atoms with Gasteiger partial charge in [-0.2, -0.15) is 0 Å². The van der Waals surface area contributed by atoms with Gasteiger partial charge in [0.05, 0.1) is 33.3 Å². The highest BCUT2D eigenvalue weighted by Crippen LogP contribution is 2.42. The summed E-state index contributed by atoms with van der Waals surface area (Å²) in [5.41, 5.74) is 8.81. The van der Waals surface area contributed by atoms with Crippen LogP contribution in [0.4, 0.5) is 0 Å². The van der Waals surface area contributed by atoms with Gasteiger partial charge in [-0.1, -0.05) is 121 Å². The quantitative estimate of drug-likeness (QED) is 0.193. The Labute approximate surface area is 264 Å². The maximum Gasteiger partial charge on any atom is 0.162 e. The molecule has 6 aromatic carbocycles. The van der Waals surface area contributed by atoms with Gasteiger partial charge in [0.15, 0.2) is 5.82 Å². The van der Waals surface area contributed by atoms with Gasteiger partial charge in [-0.15, -0.1) is 0 Å². The molecule has 0 aliphatic rings. The zero-order valence-corrected chi connectivity index (χ0v) is 24.8. The molecule has 0 N–H and O–H groups in total. The number of para-hydroxylation sites is 3. The first-order chi connectivity index (χ1) is 22.8. The Morgan fingerprint density at radius 3 is 1.83 bits per heavy atom. The van der Waals surface area contributed by atoms with Gasteiger partial charge < -0.3 is 4.40 Å². The van der Waals surface area contributed by atoms with E-state index in [9.17, 15) is 0 Å². The van der Waals surface area contributed by atoms with E-state index >= 15 is 0 Å². The van der Waals surface area contributed by atoms with E-state index in [0.29, 0.717) is 5.82 Å². The van der Waals surface area contributed by atoms with Crippen LogP contribution in [0.1, 0.15) is 0 Å². The topological polar surface area (TPSA) is 35.1 Å². The normalized spacial score (nSPS) is 11.9. The van der Waals surface area contributed by atoms with Crippen molar-refractivity contribution in [3.05, 3.63) is 158 Å². The molecule has 0 saturated heterocycles. The van der Waals surface area contributed by atoms with Crippen LogP contribution in [0.25, 0.3) is 88.4 Å². The van der Waals surface area contributed by atoms with Gasteiger partial charge in [-0.05, 0) is 35.7 Å². The highest BCUT2D eigenvalue weighted by molar-refractivity contribution is 6.30. The lowest BCUT2D eigenvalue weighted by atomic mass is 10.00. The van der Waals surface area contributed by atoms with Crippen LogP contribution >= 0.6 is 0 Å². The molecule has 0 saturated carbocycles. The molecule has 0 bridgehead atoms. The van der Waals surface area contributed by atoms with Crippen LogP contribution in [0, 0.1) is 0 Å². The fourth-order valence-corrected chi connectivity index (χ4v) is 7.31. The third kappa shape index (κ3) is 3.55. The number of benzene rings is 6. The predicted molar refractivity (Wildman–Crippen MR) is 191 cm³/mol. The standard InChI is InChI=1S/C42H26N4/c1-3-13-27(14-4-1)33-26-39(44-42(43-33)28-15-5-2-6-16-28)46-36-22-12-9-19-32(36)41-37(46)24-23-31-30-18-8-11-21-35(30)45-34-20-10-7-17-29(34)25-38(45)40(31)41/h1-26H. The summed E-state index contributed by atoms with van der Waals surface area (Å²) in [7, 11) is 0. The van der Waals surface area contributed by atoms with E-state index in [1.165, 1.54) is 48.9 Å². The number of hydrogen-bond acceptors (Lipinski definition) is 2. The molecule has 46 heavy (non-hydrogen) atoms. The number of fused-ring (bicyclic) bond motifs is 12. The zero-order chi connectivity index (χ0) is 30.2. The van der Waals surface area contributed by atoms with Crippen LogP contribution < -0.4 is 0 Å². The Morgan fingerprint density at radius 2 is 1.02 bits per heavy atom. The molecule has 214 valence electrons. The third-order valence-electron chi connectivity index (χ3n) is 9.28. The molecule has 0 atom stereocenters. The summed E-state index contributed by atoms with van der Waals surface area (Å²) in [6.07, 6.45) is 0. The summed E-state index contributed by atoms with van der Waals surface area (Å²) in [5, 5.41) is 7.41. The first-order valence-electron chi connectivity index (χ1n) is 15.6. The summed E-state index contributed by atoms with van der Waals surface area (Å²) in [5.74, 6) is 1.55. The summed E-state index contributed by atoms with van der Waals surface area (Å²) in [4.78, 5) is 10.3. The van der Waals surface area contributed by atoms with Crippen molar-refractivity contribution in [3.8, 4) is 28.5 Å². The summed E-state index contributed by atoms with van der Waals surface area (Å²) in [6.45, 7) is 0. The summed E-state index contributed by atoms with van der Waals surface area (Å²) < 4.78 is 4.75. The SMILES string of the molecule is c1ccc(-c2cc(-n3c4ccccc4c4c5c(ccc43)c3ccccc3n3c4ccccc4cc53)nc(-c3ccccc3)n2)cc1. The van der Waals surface area contributed by atoms with Crippen molar-refractivity contribution in [1.29, 1.82) is 0 Å². The largest absolute Gasteiger partial charge is 0.309 e. The zero-order valence-electron chi connectivity index (χ0n) is 24.8. The lowest BCUT2D eigenvalue weighted by Gasteiger charge is -2.13. The van der Waals surface area contributed by atoms with Crippen LogP contribution in [0.3, 0.4) is 0 Å². The van der Waals surface area contributed by atoms with Crippen molar-refractivity contribution in [1.82, 2.24) is 18.9 Å². The third-order valence-corrected chi connectivity index (χ3v) is 9.28. The first-order valence-corrected chi connectivity index (χ1v) is 15.6. The average Bonchev–Trinajstić information content (AvgIpc) is 3.69. The maximum absolute atomic E-state index is 5.25. The second-order valence-electron chi connectivity index (χ2n) is 11.8. The average molecular weight is 587 g/mol. The van der Waals surface area contributed by atoms with E-state index < -0.39 is 0 Å². The van der Waals surface area contributed by atoms with Crippen LogP contribution in [-0.4, -0.2) is 18.9 Å². The Bertz CT molecular complexity index is 2730. The van der Waals surface area contributed by atoms with Crippen molar-refractivity contribution in [2.75, 3.05) is 0 Å². The van der Waals surface area contributed by atoms with Gasteiger partial charge in [0, 0.05) is 44.1 Å². The summed E-state index contributed by atoms with van der Waals surface area (Å²) in [6, 6.07) is 55.8. The molecule has 0 unspecified atom stereocenters. The fourth-order valence-electron chi connectivity index (χ4n) is 7.31. The molecule has 0 aliphatic heterocycles. The Balaban J connectivity index is 1.38. The molecule has 10 aromatic rings. The number of hydrogen-bond donors (Lipinski definition) is 0. The molecule has 4 heteroatoms. The molecule has 4 nitrogen and oxygen atoms in total. The number of nitrogens with zero attached hydrogens (tertiary/aromatic N) is 4. The number of aromatic nitrogens is 4. The molecule has 0 spiro atoms. The monoisotopic (exact) mass is 586 g/mol. The van der Waals surface area contributed by atoms with Gasteiger partial charge >= 0.3 is 0 Å². The fraction of sp³-hybridized carbons (Fsp3) is 0. The minimum absolute atomic E-state index is 0.704. The van der Waals surface area contributed by atoms with E-state index in [4.69, 9.17) is 9.97 Å². The highest BCUT2D eigenvalue weighted by atomic mass is 15.1. The van der Waals surface area contributed by atoms with E-state index in [-0.39, 0.29) is 0 Å². The van der Waals surface area contributed by atoms with Gasteiger partial charge in [0.25, 0.3) is 0 Å². The van der Waals surface area contributed by atoms with Crippen molar-refractivity contribution in [2.45, 2.75) is 0 Å². The predicted octanol–water partition coefficient (Wildman–Crippen LogP) is 10.6. The lowest BCUT2D eigenvalue weighted by Crippen LogP contribution is -2.02. The van der Waals surface area contributed by atoms with Crippen molar-refractivity contribution in [3.63, 3.8) is 0 Å². The lowest BCUT2D eigenvalue weighted by molar-refractivity contribution is 1.05. The molecule has 0 fully saturated rings. The molecular weight excluding hydrogens is 560 g/mol. The van der Waals surface area contributed by atoms with Gasteiger partial charge in [0.2, 0.25) is 0 Å². The second kappa shape index (κ2) is 9.62. The van der Waals surface area contributed by atoms with E-state index in [2.05, 4.69) is 142 Å². The molecule has 10 rings (SSSR count). The van der Waals surface area contributed by atoms with Gasteiger partial charge in [-0.25, -0.2) is 9.97 Å². The van der Waals surface area contributed by atoms with Gasteiger partial charge in [0.1, 0.15) is 5.82 Å². The highest BCUT2D eigenvalue weighted by Gasteiger charge is 2.21.